The summed E-state index contributed by atoms with van der Waals surface area (Å²) < 4.78 is 9.46. The number of benzene rings is 1. The second-order valence-corrected chi connectivity index (χ2v) is 3.47. The van der Waals surface area contributed by atoms with E-state index in [1.54, 1.807) is 31.2 Å². The average Bonchev–Trinajstić information content (AvgIpc) is 2.39. The van der Waals surface area contributed by atoms with Gasteiger partial charge in [0.25, 0.3) is 0 Å². The first-order chi connectivity index (χ1) is 8.58. The number of hydrogen-bond acceptors (Lipinski definition) is 5. The zero-order valence-corrected chi connectivity index (χ0v) is 11.3. The first kappa shape index (κ1) is 17.4. The van der Waals surface area contributed by atoms with Gasteiger partial charge in [-0.1, -0.05) is 0 Å². The molecule has 0 aromatic heterocycles. The predicted molar refractivity (Wildman–Crippen MR) is 64.7 cm³/mol. The van der Waals surface area contributed by atoms with E-state index in [0.29, 0.717) is 11.3 Å². The van der Waals surface area contributed by atoms with Crippen LogP contribution < -0.4 is 23.6 Å². The molecule has 0 aliphatic rings. The Bertz CT molecular complexity index is 458. The molecule has 1 aromatic carbocycles. The van der Waals surface area contributed by atoms with E-state index < -0.39 is 24.0 Å². The van der Waals surface area contributed by atoms with Crippen molar-refractivity contribution in [3.8, 4) is 5.75 Å². The van der Waals surface area contributed by atoms with Crippen molar-refractivity contribution in [2.24, 2.45) is 0 Å². The molecule has 6 heteroatoms. The molecule has 0 aliphatic carbocycles. The summed E-state index contributed by atoms with van der Waals surface area (Å²) in [5, 5.41) is 0. The monoisotopic (exact) mass is 258 g/mol. The molecule has 98 valence electrons. The second-order valence-electron chi connectivity index (χ2n) is 3.47. The summed E-state index contributed by atoms with van der Waals surface area (Å²) in [7, 11) is 1.51. The minimum absolute atomic E-state index is 0. The van der Waals surface area contributed by atoms with Gasteiger partial charge in [0, 0.05) is 5.56 Å². The number of Topliss-reactive ketones (excluding diaryl/α,β-unsaturated/α-hetero) is 2. The van der Waals surface area contributed by atoms with Crippen molar-refractivity contribution in [2.75, 3.05) is 13.7 Å². The Morgan fingerprint density at radius 3 is 2.21 bits per heavy atom. The van der Waals surface area contributed by atoms with E-state index in [2.05, 4.69) is 4.74 Å². The molecule has 0 bridgehead atoms. The number of hydrogen-bond donors (Lipinski definition) is 0. The quantitative estimate of drug-likeness (QED) is 0.204. The van der Waals surface area contributed by atoms with Crippen molar-refractivity contribution in [1.29, 1.82) is 0 Å². The SMILES string of the molecule is CCOC(=O)C(=O)CC(=O)c1ccc(OC)cc1.[H-].[Li+]. The third-order valence-corrected chi connectivity index (χ3v) is 2.24. The van der Waals surface area contributed by atoms with Crippen molar-refractivity contribution in [2.45, 2.75) is 13.3 Å². The summed E-state index contributed by atoms with van der Waals surface area (Å²) in [4.78, 5) is 34.1. The van der Waals surface area contributed by atoms with E-state index in [1.165, 1.54) is 7.11 Å². The average molecular weight is 258 g/mol. The van der Waals surface area contributed by atoms with Crippen LogP contribution in [0, 0.1) is 0 Å². The van der Waals surface area contributed by atoms with E-state index in [1.807, 2.05) is 0 Å². The number of carbonyl (C=O) groups is 3. The summed E-state index contributed by atoms with van der Waals surface area (Å²) >= 11 is 0. The van der Waals surface area contributed by atoms with E-state index in [0.717, 1.165) is 0 Å². The van der Waals surface area contributed by atoms with Crippen LogP contribution in [0.3, 0.4) is 0 Å². The molecule has 0 saturated heterocycles. The van der Waals surface area contributed by atoms with Crippen LogP contribution in [0.4, 0.5) is 0 Å². The first-order valence-electron chi connectivity index (χ1n) is 5.45. The fourth-order valence-corrected chi connectivity index (χ4v) is 1.31. The molecule has 0 heterocycles. The summed E-state index contributed by atoms with van der Waals surface area (Å²) in [5.74, 6) is -1.61. The van der Waals surface area contributed by atoms with Crippen molar-refractivity contribution < 1.29 is 44.1 Å². The van der Waals surface area contributed by atoms with Crippen LogP contribution in [0.25, 0.3) is 0 Å². The van der Waals surface area contributed by atoms with Gasteiger partial charge in [-0.2, -0.15) is 0 Å². The molecule has 0 unspecified atom stereocenters. The molecule has 1 aromatic rings. The number of ketones is 2. The Morgan fingerprint density at radius 1 is 1.16 bits per heavy atom. The molecule has 0 saturated carbocycles. The standard InChI is InChI=1S/C13H14O5.Li.H/c1-3-18-13(16)12(15)8-11(14)9-4-6-10(17-2)7-5-9;;/h4-7H,3,8H2,1-2H3;;/q;+1;-1. The zero-order chi connectivity index (χ0) is 13.5. The van der Waals surface area contributed by atoms with Crippen LogP contribution in [0.1, 0.15) is 25.1 Å². The summed E-state index contributed by atoms with van der Waals surface area (Å²) in [5.41, 5.74) is 0.355. The van der Waals surface area contributed by atoms with Gasteiger partial charge in [0.2, 0.25) is 5.78 Å². The minimum Gasteiger partial charge on any atom is -1.00 e. The van der Waals surface area contributed by atoms with Crippen molar-refractivity contribution in [3.05, 3.63) is 29.8 Å². The van der Waals surface area contributed by atoms with Gasteiger partial charge in [-0.15, -0.1) is 0 Å². The Balaban J connectivity index is 0. The van der Waals surface area contributed by atoms with Gasteiger partial charge in [0.05, 0.1) is 20.1 Å². The zero-order valence-electron chi connectivity index (χ0n) is 12.3. The van der Waals surface area contributed by atoms with Gasteiger partial charge < -0.3 is 10.9 Å². The van der Waals surface area contributed by atoms with Crippen LogP contribution in [-0.2, 0) is 14.3 Å². The van der Waals surface area contributed by atoms with Crippen molar-refractivity contribution in [1.82, 2.24) is 0 Å². The van der Waals surface area contributed by atoms with Crippen LogP contribution in [0.15, 0.2) is 24.3 Å². The molecule has 5 nitrogen and oxygen atoms in total. The molecular weight excluding hydrogens is 243 g/mol. The smallest absolute Gasteiger partial charge is 1.00 e. The minimum atomic E-state index is -0.973. The fourth-order valence-electron chi connectivity index (χ4n) is 1.31. The van der Waals surface area contributed by atoms with Crippen molar-refractivity contribution in [3.63, 3.8) is 0 Å². The number of ether oxygens (including phenoxy) is 2. The first-order valence-corrected chi connectivity index (χ1v) is 5.45. The Kier molecular flexibility index (Phi) is 7.81. The molecular formula is C13H15LiO5. The predicted octanol–water partition coefficient (Wildman–Crippen LogP) is -1.48. The topological polar surface area (TPSA) is 69.7 Å². The summed E-state index contributed by atoms with van der Waals surface area (Å²) in [6, 6.07) is 6.31. The van der Waals surface area contributed by atoms with Crippen LogP contribution >= 0.6 is 0 Å². The molecule has 19 heavy (non-hydrogen) atoms. The van der Waals surface area contributed by atoms with Gasteiger partial charge in [-0.25, -0.2) is 4.79 Å². The summed E-state index contributed by atoms with van der Waals surface area (Å²) in [6.07, 6.45) is -0.481. The van der Waals surface area contributed by atoms with Crippen LogP contribution in [-0.4, -0.2) is 31.3 Å². The van der Waals surface area contributed by atoms with Crippen LogP contribution in [0.5, 0.6) is 5.75 Å². The molecule has 0 atom stereocenters. The normalized spacial score (nSPS) is 9.16. The van der Waals surface area contributed by atoms with Gasteiger partial charge in [0.15, 0.2) is 5.78 Å². The fraction of sp³-hybridized carbons (Fsp3) is 0.308. The van der Waals surface area contributed by atoms with E-state index in [-0.39, 0.29) is 26.9 Å². The third-order valence-electron chi connectivity index (χ3n) is 2.24. The summed E-state index contributed by atoms with van der Waals surface area (Å²) in [6.45, 7) is 1.71. The number of esters is 1. The maximum Gasteiger partial charge on any atom is 1.00 e. The Morgan fingerprint density at radius 2 is 1.74 bits per heavy atom. The third kappa shape index (κ3) is 5.29. The molecule has 0 N–H and O–H groups in total. The molecule has 0 aliphatic heterocycles. The van der Waals surface area contributed by atoms with Crippen LogP contribution in [0.2, 0.25) is 0 Å². The molecule has 1 rings (SSSR count). The largest absolute Gasteiger partial charge is 1.00 e. The van der Waals surface area contributed by atoms with E-state index in [9.17, 15) is 14.4 Å². The Labute approximate surface area is 124 Å². The maximum absolute atomic E-state index is 11.7. The number of methoxy groups -OCH3 is 1. The van der Waals surface area contributed by atoms with Gasteiger partial charge >= 0.3 is 24.8 Å². The molecule has 0 amide bonds. The second kappa shape index (κ2) is 8.52. The van der Waals surface area contributed by atoms with Gasteiger partial charge in [-0.3, -0.25) is 9.59 Å². The molecule has 0 spiro atoms. The van der Waals surface area contributed by atoms with Crippen molar-refractivity contribution >= 4 is 17.5 Å². The Hall–Kier alpha value is -1.57. The maximum atomic E-state index is 11.7. The molecule has 0 fully saturated rings. The number of rotatable bonds is 6. The van der Waals surface area contributed by atoms with E-state index >= 15 is 0 Å². The van der Waals surface area contributed by atoms with E-state index in [4.69, 9.17) is 4.74 Å². The van der Waals surface area contributed by atoms with Gasteiger partial charge in [-0.05, 0) is 31.2 Å². The molecule has 0 radical (unpaired) electrons. The number of carbonyl (C=O) groups excluding carboxylic acids is 3. The van der Waals surface area contributed by atoms with Gasteiger partial charge in [0.1, 0.15) is 5.75 Å².